The number of carbonyl (C=O) groups excluding carboxylic acids is 2. The summed E-state index contributed by atoms with van der Waals surface area (Å²) in [6.07, 6.45) is 2.14. The van der Waals surface area contributed by atoms with Crippen molar-refractivity contribution < 1.29 is 9.59 Å². The van der Waals surface area contributed by atoms with E-state index < -0.39 is 0 Å². The summed E-state index contributed by atoms with van der Waals surface area (Å²) >= 11 is 1.64. The second kappa shape index (κ2) is 7.47. The molecule has 2 amide bonds. The molecule has 1 saturated heterocycles. The third-order valence-corrected chi connectivity index (χ3v) is 6.46. The predicted octanol–water partition coefficient (Wildman–Crippen LogP) is 4.31. The summed E-state index contributed by atoms with van der Waals surface area (Å²) in [6, 6.07) is 11.5. The molecule has 0 N–H and O–H groups in total. The maximum Gasteiger partial charge on any atom is 0.254 e. The highest BCUT2D eigenvalue weighted by Gasteiger charge is 2.46. The van der Waals surface area contributed by atoms with Crippen molar-refractivity contribution in [2.45, 2.75) is 38.6 Å². The largest absolute Gasteiger partial charge is 0.342 e. The van der Waals surface area contributed by atoms with Crippen LogP contribution in [0.2, 0.25) is 0 Å². The Morgan fingerprint density at radius 2 is 1.89 bits per heavy atom. The van der Waals surface area contributed by atoms with Crippen molar-refractivity contribution in [3.63, 3.8) is 0 Å². The van der Waals surface area contributed by atoms with Gasteiger partial charge in [0.2, 0.25) is 5.91 Å². The Labute approximate surface area is 164 Å². The molecule has 2 aliphatic rings. The number of likely N-dealkylation sites (tertiary alicyclic amines) is 1. The molecular formula is C22H26N2O2S. The summed E-state index contributed by atoms with van der Waals surface area (Å²) in [4.78, 5) is 32.0. The van der Waals surface area contributed by atoms with E-state index in [1.807, 2.05) is 45.5 Å². The molecule has 5 heteroatoms. The van der Waals surface area contributed by atoms with Gasteiger partial charge in [-0.1, -0.05) is 38.1 Å². The van der Waals surface area contributed by atoms with Gasteiger partial charge >= 0.3 is 0 Å². The molecule has 4 nitrogen and oxygen atoms in total. The molecule has 2 aromatic rings. The third-order valence-electron chi connectivity index (χ3n) is 5.52. The second-order valence-electron chi connectivity index (χ2n) is 7.91. The fraction of sp³-hybridized carbons (Fsp3) is 0.455. The monoisotopic (exact) mass is 382 g/mol. The minimum Gasteiger partial charge on any atom is -0.342 e. The Bertz CT molecular complexity index is 825. The van der Waals surface area contributed by atoms with E-state index in [0.717, 1.165) is 36.4 Å². The minimum atomic E-state index is -0.325. The molecule has 0 aliphatic carbocycles. The number of amides is 2. The van der Waals surface area contributed by atoms with Crippen LogP contribution < -0.4 is 0 Å². The molecule has 0 bridgehead atoms. The van der Waals surface area contributed by atoms with Crippen LogP contribution >= 0.6 is 11.3 Å². The van der Waals surface area contributed by atoms with Crippen LogP contribution in [-0.4, -0.2) is 41.2 Å². The topological polar surface area (TPSA) is 40.6 Å². The van der Waals surface area contributed by atoms with Crippen molar-refractivity contribution in [3.8, 4) is 0 Å². The van der Waals surface area contributed by atoms with Gasteiger partial charge in [0.05, 0.1) is 12.0 Å². The van der Waals surface area contributed by atoms with Gasteiger partial charge in [0.15, 0.2) is 0 Å². The number of hydrogen-bond acceptors (Lipinski definition) is 3. The third kappa shape index (κ3) is 3.29. The molecule has 0 unspecified atom stereocenters. The molecule has 142 valence electrons. The molecule has 2 aliphatic heterocycles. The smallest absolute Gasteiger partial charge is 0.254 e. The predicted molar refractivity (Wildman–Crippen MR) is 108 cm³/mol. The van der Waals surface area contributed by atoms with Crippen LogP contribution in [0.15, 0.2) is 41.8 Å². The maximum absolute atomic E-state index is 13.6. The highest BCUT2D eigenvalue weighted by atomic mass is 32.1. The lowest BCUT2D eigenvalue weighted by Crippen LogP contribution is -2.48. The van der Waals surface area contributed by atoms with Crippen molar-refractivity contribution in [1.82, 2.24) is 9.80 Å². The zero-order valence-electron chi connectivity index (χ0n) is 15.9. The van der Waals surface area contributed by atoms with Crippen LogP contribution in [-0.2, 0) is 4.79 Å². The molecule has 3 heterocycles. The van der Waals surface area contributed by atoms with Crippen LogP contribution in [0.5, 0.6) is 0 Å². The molecule has 0 saturated carbocycles. The Morgan fingerprint density at radius 3 is 2.56 bits per heavy atom. The lowest BCUT2D eigenvalue weighted by Gasteiger charge is -2.43. The molecule has 27 heavy (non-hydrogen) atoms. The van der Waals surface area contributed by atoms with Gasteiger partial charge in [0, 0.05) is 30.1 Å². The Morgan fingerprint density at radius 1 is 1.15 bits per heavy atom. The first kappa shape index (κ1) is 18.2. The minimum absolute atomic E-state index is 0.0446. The van der Waals surface area contributed by atoms with Gasteiger partial charge in [-0.2, -0.15) is 0 Å². The Balaban J connectivity index is 1.86. The lowest BCUT2D eigenvalue weighted by molar-refractivity contribution is -0.133. The van der Waals surface area contributed by atoms with Gasteiger partial charge in [0.1, 0.15) is 0 Å². The van der Waals surface area contributed by atoms with Crippen molar-refractivity contribution in [2.75, 3.05) is 19.6 Å². The van der Waals surface area contributed by atoms with Gasteiger partial charge in [-0.3, -0.25) is 9.59 Å². The maximum atomic E-state index is 13.6. The summed E-state index contributed by atoms with van der Waals surface area (Å²) in [5, 5.41) is 2.03. The van der Waals surface area contributed by atoms with Crippen LogP contribution in [0.1, 0.15) is 59.4 Å². The zero-order valence-corrected chi connectivity index (χ0v) is 16.7. The Hall–Kier alpha value is -2.14. The Kier molecular flexibility index (Phi) is 5.04. The first-order chi connectivity index (χ1) is 13.1. The van der Waals surface area contributed by atoms with Gasteiger partial charge in [-0.25, -0.2) is 0 Å². The quantitative estimate of drug-likeness (QED) is 0.791. The van der Waals surface area contributed by atoms with Crippen LogP contribution in [0.3, 0.4) is 0 Å². The first-order valence-corrected chi connectivity index (χ1v) is 10.7. The van der Waals surface area contributed by atoms with E-state index in [0.29, 0.717) is 18.0 Å². The first-order valence-electron chi connectivity index (χ1n) is 9.80. The number of rotatable bonds is 4. The van der Waals surface area contributed by atoms with E-state index in [2.05, 4.69) is 19.9 Å². The van der Waals surface area contributed by atoms with Crippen LogP contribution in [0.25, 0.3) is 0 Å². The summed E-state index contributed by atoms with van der Waals surface area (Å²) in [5.41, 5.74) is 1.57. The average molecular weight is 383 g/mol. The SMILES string of the molecule is CC(C)CN1C(=O)c2ccccc2[C@H](C(=O)N2CCCC2)[C@@H]1c1cccs1. The molecule has 4 rings (SSSR count). The number of carbonyl (C=O) groups is 2. The highest BCUT2D eigenvalue weighted by Crippen LogP contribution is 2.45. The highest BCUT2D eigenvalue weighted by molar-refractivity contribution is 7.10. The fourth-order valence-corrected chi connectivity index (χ4v) is 5.24. The molecule has 2 atom stereocenters. The standard InChI is InChI=1S/C22H26N2O2S/c1-15(2)14-24-20(18-10-7-13-27-18)19(22(26)23-11-5-6-12-23)16-8-3-4-9-17(16)21(24)25/h3-4,7-10,13,15,19-20H,5-6,11-12,14H2,1-2H3/t19-,20-/m0/s1. The zero-order chi connectivity index (χ0) is 19.0. The van der Waals surface area contributed by atoms with E-state index in [9.17, 15) is 9.59 Å². The lowest BCUT2D eigenvalue weighted by atomic mass is 9.80. The molecule has 0 spiro atoms. The van der Waals surface area contributed by atoms with Crippen molar-refractivity contribution in [2.24, 2.45) is 5.92 Å². The van der Waals surface area contributed by atoms with E-state index in [1.54, 1.807) is 11.3 Å². The summed E-state index contributed by atoms with van der Waals surface area (Å²) < 4.78 is 0. The number of fused-ring (bicyclic) bond motifs is 1. The molecule has 0 radical (unpaired) electrons. The molecular weight excluding hydrogens is 356 g/mol. The number of nitrogens with zero attached hydrogens (tertiary/aromatic N) is 2. The van der Waals surface area contributed by atoms with Crippen molar-refractivity contribution in [1.29, 1.82) is 0 Å². The van der Waals surface area contributed by atoms with E-state index in [1.165, 1.54) is 0 Å². The normalized spacial score (nSPS) is 22.4. The number of thiophene rings is 1. The van der Waals surface area contributed by atoms with Gasteiger partial charge in [-0.05, 0) is 41.8 Å². The number of benzene rings is 1. The molecule has 1 aromatic heterocycles. The molecule has 1 fully saturated rings. The second-order valence-corrected chi connectivity index (χ2v) is 8.89. The van der Waals surface area contributed by atoms with Crippen molar-refractivity contribution in [3.05, 3.63) is 57.8 Å². The summed E-state index contributed by atoms with van der Waals surface area (Å²) in [7, 11) is 0. The van der Waals surface area contributed by atoms with E-state index in [4.69, 9.17) is 0 Å². The van der Waals surface area contributed by atoms with E-state index in [-0.39, 0.29) is 23.8 Å². The average Bonchev–Trinajstić information content (AvgIpc) is 3.37. The van der Waals surface area contributed by atoms with Gasteiger partial charge in [0.25, 0.3) is 5.91 Å². The van der Waals surface area contributed by atoms with Crippen LogP contribution in [0.4, 0.5) is 0 Å². The summed E-state index contributed by atoms with van der Waals surface area (Å²) in [6.45, 7) is 6.55. The molecule has 1 aromatic carbocycles. The number of hydrogen-bond donors (Lipinski definition) is 0. The van der Waals surface area contributed by atoms with Gasteiger partial charge in [-0.15, -0.1) is 11.3 Å². The van der Waals surface area contributed by atoms with E-state index >= 15 is 0 Å². The fourth-order valence-electron chi connectivity index (χ4n) is 4.36. The van der Waals surface area contributed by atoms with Crippen molar-refractivity contribution >= 4 is 23.2 Å². The van der Waals surface area contributed by atoms with Gasteiger partial charge < -0.3 is 9.80 Å². The van der Waals surface area contributed by atoms with Crippen LogP contribution in [0, 0.1) is 5.92 Å². The summed E-state index contributed by atoms with van der Waals surface area (Å²) in [5.74, 6) is 0.224.